The van der Waals surface area contributed by atoms with E-state index in [1.807, 2.05) is 0 Å². The van der Waals surface area contributed by atoms with Gasteiger partial charge in [0.1, 0.15) is 5.75 Å². The summed E-state index contributed by atoms with van der Waals surface area (Å²) in [7, 11) is 1.49. The number of rotatable bonds is 3. The van der Waals surface area contributed by atoms with Crippen molar-refractivity contribution in [2.75, 3.05) is 7.11 Å². The van der Waals surface area contributed by atoms with Crippen molar-refractivity contribution in [1.29, 1.82) is 0 Å². The zero-order valence-corrected chi connectivity index (χ0v) is 13.8. The second-order valence-electron chi connectivity index (χ2n) is 5.27. The van der Waals surface area contributed by atoms with Crippen LogP contribution in [0.4, 0.5) is 0 Å². The Kier molecular flexibility index (Phi) is 4.03. The zero-order chi connectivity index (χ0) is 17.4. The highest BCUT2D eigenvalue weighted by Gasteiger charge is 2.23. The molecule has 0 atom stereocenters. The number of carboxylic acids is 1. The van der Waals surface area contributed by atoms with Gasteiger partial charge in [-0.05, 0) is 31.2 Å². The maximum absolute atomic E-state index is 12.9. The van der Waals surface area contributed by atoms with Crippen LogP contribution in [0.15, 0.2) is 42.5 Å². The number of hydrogen-bond donors (Lipinski definition) is 1. The van der Waals surface area contributed by atoms with Crippen molar-refractivity contribution in [3.63, 3.8) is 0 Å². The molecule has 1 aromatic heterocycles. The van der Waals surface area contributed by atoms with Crippen LogP contribution in [-0.2, 0) is 0 Å². The van der Waals surface area contributed by atoms with Crippen molar-refractivity contribution >= 4 is 34.4 Å². The van der Waals surface area contributed by atoms with Gasteiger partial charge >= 0.3 is 5.97 Å². The molecule has 0 aliphatic rings. The van der Waals surface area contributed by atoms with E-state index in [-0.39, 0.29) is 11.5 Å². The van der Waals surface area contributed by atoms with Crippen LogP contribution in [0.5, 0.6) is 5.75 Å². The first kappa shape index (κ1) is 16.1. The van der Waals surface area contributed by atoms with Crippen molar-refractivity contribution < 1.29 is 19.4 Å². The maximum Gasteiger partial charge on any atom is 0.338 e. The summed E-state index contributed by atoms with van der Waals surface area (Å²) in [4.78, 5) is 24.5. The monoisotopic (exact) mass is 343 g/mol. The van der Waals surface area contributed by atoms with Crippen LogP contribution in [0.3, 0.4) is 0 Å². The van der Waals surface area contributed by atoms with Gasteiger partial charge in [-0.3, -0.25) is 9.36 Å². The van der Waals surface area contributed by atoms with E-state index >= 15 is 0 Å². The Morgan fingerprint density at radius 2 is 1.88 bits per heavy atom. The second kappa shape index (κ2) is 6.02. The topological polar surface area (TPSA) is 68.5 Å². The number of carbonyl (C=O) groups is 2. The van der Waals surface area contributed by atoms with Crippen molar-refractivity contribution in [2.45, 2.75) is 6.92 Å². The molecule has 122 valence electrons. The Labute approximate surface area is 143 Å². The average molecular weight is 344 g/mol. The van der Waals surface area contributed by atoms with E-state index in [2.05, 4.69) is 0 Å². The lowest BCUT2D eigenvalue weighted by molar-refractivity contribution is 0.0698. The molecule has 0 aliphatic heterocycles. The fourth-order valence-electron chi connectivity index (χ4n) is 2.83. The fourth-order valence-corrected chi connectivity index (χ4v) is 3.09. The number of nitrogens with zero attached hydrogens (tertiary/aromatic N) is 1. The summed E-state index contributed by atoms with van der Waals surface area (Å²) in [5.41, 5.74) is 1.39. The molecular formula is C18H14ClNO4. The summed E-state index contributed by atoms with van der Waals surface area (Å²) >= 11 is 6.09. The highest BCUT2D eigenvalue weighted by molar-refractivity contribution is 6.32. The average Bonchev–Trinajstić information content (AvgIpc) is 2.86. The predicted molar refractivity (Wildman–Crippen MR) is 91.4 cm³/mol. The summed E-state index contributed by atoms with van der Waals surface area (Å²) in [6, 6.07) is 11.6. The van der Waals surface area contributed by atoms with Gasteiger partial charge in [0.2, 0.25) is 0 Å². The molecule has 0 bridgehead atoms. The van der Waals surface area contributed by atoms with E-state index in [4.69, 9.17) is 16.3 Å². The molecule has 0 saturated heterocycles. The molecule has 3 aromatic rings. The number of para-hydroxylation sites is 1. The van der Waals surface area contributed by atoms with E-state index in [1.165, 1.54) is 17.7 Å². The molecule has 1 N–H and O–H groups in total. The lowest BCUT2D eigenvalue weighted by Gasteiger charge is -2.09. The van der Waals surface area contributed by atoms with Crippen LogP contribution in [0.2, 0.25) is 5.02 Å². The van der Waals surface area contributed by atoms with Crippen LogP contribution in [0.25, 0.3) is 10.9 Å². The number of benzene rings is 2. The van der Waals surface area contributed by atoms with Crippen molar-refractivity contribution in [1.82, 2.24) is 4.57 Å². The summed E-state index contributed by atoms with van der Waals surface area (Å²) in [5.74, 6) is -0.947. The third kappa shape index (κ3) is 2.43. The summed E-state index contributed by atoms with van der Waals surface area (Å²) in [5, 5.41) is 10.3. The molecule has 6 heteroatoms. The number of fused-ring (bicyclic) bond motifs is 1. The van der Waals surface area contributed by atoms with E-state index in [0.29, 0.717) is 32.9 Å². The molecule has 2 aromatic carbocycles. The summed E-state index contributed by atoms with van der Waals surface area (Å²) in [6.45, 7) is 1.62. The number of aromatic carboxylic acids is 1. The zero-order valence-electron chi connectivity index (χ0n) is 13.0. The molecule has 0 fully saturated rings. The molecule has 0 saturated carbocycles. The Hall–Kier alpha value is -2.79. The second-order valence-corrected chi connectivity index (χ2v) is 5.68. The third-order valence-corrected chi connectivity index (χ3v) is 4.22. The van der Waals surface area contributed by atoms with Gasteiger partial charge in [-0.15, -0.1) is 0 Å². The van der Waals surface area contributed by atoms with Crippen molar-refractivity contribution in [3.05, 3.63) is 64.3 Å². The van der Waals surface area contributed by atoms with E-state index < -0.39 is 5.97 Å². The number of methoxy groups -OCH3 is 1. The molecular weight excluding hydrogens is 330 g/mol. The minimum atomic E-state index is -1.07. The molecule has 24 heavy (non-hydrogen) atoms. The maximum atomic E-state index is 12.9. The van der Waals surface area contributed by atoms with Gasteiger partial charge in [-0.25, -0.2) is 4.79 Å². The highest BCUT2D eigenvalue weighted by Crippen LogP contribution is 2.29. The largest absolute Gasteiger partial charge is 0.495 e. The Balaban J connectivity index is 2.23. The fraction of sp³-hybridized carbons (Fsp3) is 0.111. The standard InChI is InChI=1S/C18H14ClNO4/c1-10-16(18(22)23)12-5-3-4-6-14(12)20(10)17(21)11-7-8-15(24-2)13(19)9-11/h3-9H,1-2H3,(H,22,23). The van der Waals surface area contributed by atoms with Crippen LogP contribution in [0.1, 0.15) is 26.4 Å². The molecule has 0 spiro atoms. The number of carboxylic acid groups (broad SMARTS) is 1. The Morgan fingerprint density at radius 1 is 1.17 bits per heavy atom. The number of hydrogen-bond acceptors (Lipinski definition) is 3. The lowest BCUT2D eigenvalue weighted by atomic mass is 10.1. The van der Waals surface area contributed by atoms with Gasteiger partial charge in [0.25, 0.3) is 5.91 Å². The number of ether oxygens (including phenoxy) is 1. The molecule has 0 amide bonds. The van der Waals surface area contributed by atoms with Gasteiger partial charge in [-0.2, -0.15) is 0 Å². The minimum absolute atomic E-state index is 0.124. The van der Waals surface area contributed by atoms with E-state index in [9.17, 15) is 14.7 Å². The number of aromatic nitrogens is 1. The quantitative estimate of drug-likeness (QED) is 0.780. The normalized spacial score (nSPS) is 10.8. The molecule has 0 aliphatic carbocycles. The van der Waals surface area contributed by atoms with Gasteiger partial charge in [0.05, 0.1) is 23.2 Å². The molecule has 0 unspecified atom stereocenters. The Morgan fingerprint density at radius 3 is 2.50 bits per heavy atom. The predicted octanol–water partition coefficient (Wildman–Crippen LogP) is 4.00. The summed E-state index contributed by atoms with van der Waals surface area (Å²) < 4.78 is 6.49. The van der Waals surface area contributed by atoms with Gasteiger partial charge in [-0.1, -0.05) is 29.8 Å². The van der Waals surface area contributed by atoms with Crippen molar-refractivity contribution in [2.24, 2.45) is 0 Å². The van der Waals surface area contributed by atoms with Crippen LogP contribution in [-0.4, -0.2) is 28.7 Å². The van der Waals surface area contributed by atoms with E-state index in [1.54, 1.807) is 43.3 Å². The first-order valence-electron chi connectivity index (χ1n) is 7.17. The molecule has 5 nitrogen and oxygen atoms in total. The minimum Gasteiger partial charge on any atom is -0.495 e. The molecule has 0 radical (unpaired) electrons. The SMILES string of the molecule is COc1ccc(C(=O)n2c(C)c(C(=O)O)c3ccccc32)cc1Cl. The van der Waals surface area contributed by atoms with Crippen LogP contribution in [0, 0.1) is 6.92 Å². The first-order chi connectivity index (χ1) is 11.5. The van der Waals surface area contributed by atoms with E-state index in [0.717, 1.165) is 0 Å². The van der Waals surface area contributed by atoms with Gasteiger partial charge < -0.3 is 9.84 Å². The summed E-state index contributed by atoms with van der Waals surface area (Å²) in [6.07, 6.45) is 0. The number of halogens is 1. The third-order valence-electron chi connectivity index (χ3n) is 3.93. The van der Waals surface area contributed by atoms with Crippen molar-refractivity contribution in [3.8, 4) is 5.75 Å². The van der Waals surface area contributed by atoms with Crippen LogP contribution >= 0.6 is 11.6 Å². The molecule has 1 heterocycles. The van der Waals surface area contributed by atoms with Gasteiger partial charge in [0, 0.05) is 16.6 Å². The number of carbonyl (C=O) groups excluding carboxylic acids is 1. The smallest absolute Gasteiger partial charge is 0.338 e. The first-order valence-corrected chi connectivity index (χ1v) is 7.55. The molecule has 3 rings (SSSR count). The lowest BCUT2D eigenvalue weighted by Crippen LogP contribution is -2.14. The Bertz CT molecular complexity index is 975. The van der Waals surface area contributed by atoms with Gasteiger partial charge in [0.15, 0.2) is 0 Å². The van der Waals surface area contributed by atoms with Crippen LogP contribution < -0.4 is 4.74 Å². The highest BCUT2D eigenvalue weighted by atomic mass is 35.5.